The molecule has 7 nitrogen and oxygen atoms in total. The number of hydrogen-bond donors (Lipinski definition) is 0. The van der Waals surface area contributed by atoms with E-state index >= 15 is 0 Å². The highest BCUT2D eigenvalue weighted by molar-refractivity contribution is 6.30. The molecule has 0 radical (unpaired) electrons. The van der Waals surface area contributed by atoms with E-state index in [9.17, 15) is 14.4 Å². The number of urea groups is 1. The molecule has 1 aliphatic rings. The molecular weight excluding hydrogens is 332 g/mol. The lowest BCUT2D eigenvalue weighted by Crippen LogP contribution is -2.52. The molecule has 1 saturated heterocycles. The number of carbonyl (C=O) groups is 3. The highest BCUT2D eigenvalue weighted by Gasteiger charge is 2.37. The van der Waals surface area contributed by atoms with Gasteiger partial charge in [-0.25, -0.2) is 4.79 Å². The molecule has 2 heterocycles. The van der Waals surface area contributed by atoms with Crippen LogP contribution in [0.3, 0.4) is 0 Å². The van der Waals surface area contributed by atoms with Crippen LogP contribution in [0.25, 0.3) is 11.8 Å². The van der Waals surface area contributed by atoms with E-state index in [1.54, 1.807) is 0 Å². The SMILES string of the molecule is CN1C(=O)C(=Cc2cccn2-c2ccc(N(C)C)cc2)C(=O)N(C)C1=O. The van der Waals surface area contributed by atoms with Gasteiger partial charge in [-0.1, -0.05) is 0 Å². The van der Waals surface area contributed by atoms with Crippen molar-refractivity contribution in [2.75, 3.05) is 33.1 Å². The molecule has 0 aliphatic carbocycles. The molecule has 7 heteroatoms. The number of aromatic nitrogens is 1. The number of nitrogens with zero attached hydrogens (tertiary/aromatic N) is 4. The first-order valence-electron chi connectivity index (χ1n) is 8.08. The number of carbonyl (C=O) groups excluding carboxylic acids is 3. The zero-order valence-corrected chi connectivity index (χ0v) is 15.1. The van der Waals surface area contributed by atoms with Gasteiger partial charge < -0.3 is 9.47 Å². The van der Waals surface area contributed by atoms with Crippen LogP contribution >= 0.6 is 0 Å². The van der Waals surface area contributed by atoms with E-state index in [2.05, 4.69) is 0 Å². The van der Waals surface area contributed by atoms with Crippen LogP contribution in [-0.2, 0) is 9.59 Å². The number of hydrogen-bond acceptors (Lipinski definition) is 4. The maximum absolute atomic E-state index is 12.4. The number of anilines is 1. The lowest BCUT2D eigenvalue weighted by atomic mass is 10.1. The van der Waals surface area contributed by atoms with Gasteiger partial charge in [0.05, 0.1) is 0 Å². The van der Waals surface area contributed by atoms with Gasteiger partial charge in [0.1, 0.15) is 5.57 Å². The fourth-order valence-electron chi connectivity index (χ4n) is 2.78. The number of benzene rings is 1. The lowest BCUT2D eigenvalue weighted by molar-refractivity contribution is -0.134. The normalized spacial score (nSPS) is 14.9. The second-order valence-corrected chi connectivity index (χ2v) is 6.28. The van der Waals surface area contributed by atoms with Crippen molar-refractivity contribution in [3.8, 4) is 5.69 Å². The Morgan fingerprint density at radius 1 is 0.885 bits per heavy atom. The number of likely N-dealkylation sites (N-methyl/N-ethyl adjacent to an activating group) is 2. The van der Waals surface area contributed by atoms with Crippen LogP contribution in [0.2, 0.25) is 0 Å². The first-order valence-corrected chi connectivity index (χ1v) is 8.08. The average molecular weight is 352 g/mol. The van der Waals surface area contributed by atoms with Gasteiger partial charge in [-0.2, -0.15) is 0 Å². The fraction of sp³-hybridized carbons (Fsp3) is 0.211. The molecule has 2 aromatic rings. The summed E-state index contributed by atoms with van der Waals surface area (Å²) in [6, 6.07) is 10.9. The standard InChI is InChI=1S/C19H20N4O3/c1-20(2)13-7-9-14(10-8-13)23-11-5-6-15(23)12-16-17(24)21(3)19(26)22(4)18(16)25/h5-12H,1-4H3. The minimum absolute atomic E-state index is 0.0422. The molecule has 1 aliphatic heterocycles. The summed E-state index contributed by atoms with van der Waals surface area (Å²) in [4.78, 5) is 40.4. The lowest BCUT2D eigenvalue weighted by Gasteiger charge is -2.28. The quantitative estimate of drug-likeness (QED) is 0.626. The fourth-order valence-corrected chi connectivity index (χ4v) is 2.78. The van der Waals surface area contributed by atoms with Gasteiger partial charge in [-0.05, 0) is 42.5 Å². The van der Waals surface area contributed by atoms with Crippen LogP contribution in [0.5, 0.6) is 0 Å². The summed E-state index contributed by atoms with van der Waals surface area (Å²) in [6.07, 6.45) is 3.37. The molecule has 0 saturated carbocycles. The minimum Gasteiger partial charge on any atom is -0.378 e. The van der Waals surface area contributed by atoms with E-state index in [1.807, 2.05) is 66.2 Å². The molecule has 3 rings (SSSR count). The van der Waals surface area contributed by atoms with E-state index in [1.165, 1.54) is 20.2 Å². The van der Waals surface area contributed by atoms with Crippen molar-refractivity contribution in [1.82, 2.24) is 14.4 Å². The summed E-state index contributed by atoms with van der Waals surface area (Å²) in [6.45, 7) is 0. The van der Waals surface area contributed by atoms with Crippen LogP contribution in [-0.4, -0.2) is 60.4 Å². The van der Waals surface area contributed by atoms with Crippen molar-refractivity contribution in [3.05, 3.63) is 53.9 Å². The zero-order chi connectivity index (χ0) is 19.0. The Morgan fingerprint density at radius 3 is 2.00 bits per heavy atom. The predicted octanol–water partition coefficient (Wildman–Crippen LogP) is 1.98. The number of rotatable bonds is 3. The summed E-state index contributed by atoms with van der Waals surface area (Å²) >= 11 is 0. The Balaban J connectivity index is 2.00. The van der Waals surface area contributed by atoms with Gasteiger partial charge in [0.25, 0.3) is 11.8 Å². The van der Waals surface area contributed by atoms with E-state index in [0.717, 1.165) is 21.2 Å². The van der Waals surface area contributed by atoms with Crippen LogP contribution in [0.1, 0.15) is 5.69 Å². The first kappa shape index (κ1) is 17.5. The highest BCUT2D eigenvalue weighted by Crippen LogP contribution is 2.22. The zero-order valence-electron chi connectivity index (χ0n) is 15.1. The second kappa shape index (κ2) is 6.51. The van der Waals surface area contributed by atoms with Gasteiger partial charge in [0.15, 0.2) is 0 Å². The van der Waals surface area contributed by atoms with E-state index in [0.29, 0.717) is 5.69 Å². The van der Waals surface area contributed by atoms with Gasteiger partial charge in [0.2, 0.25) is 0 Å². The van der Waals surface area contributed by atoms with Crippen LogP contribution < -0.4 is 4.90 Å². The van der Waals surface area contributed by atoms with Crippen LogP contribution in [0, 0.1) is 0 Å². The average Bonchev–Trinajstić information content (AvgIpc) is 3.10. The summed E-state index contributed by atoms with van der Waals surface area (Å²) in [5.41, 5.74) is 2.61. The summed E-state index contributed by atoms with van der Waals surface area (Å²) < 4.78 is 1.88. The third-order valence-electron chi connectivity index (χ3n) is 4.36. The second-order valence-electron chi connectivity index (χ2n) is 6.28. The Hall–Kier alpha value is -3.35. The Kier molecular flexibility index (Phi) is 4.38. The van der Waals surface area contributed by atoms with Crippen molar-refractivity contribution in [1.29, 1.82) is 0 Å². The van der Waals surface area contributed by atoms with Crippen molar-refractivity contribution >= 4 is 29.6 Å². The van der Waals surface area contributed by atoms with Gasteiger partial charge in [-0.3, -0.25) is 19.4 Å². The Labute approximate surface area is 151 Å². The Morgan fingerprint density at radius 2 is 1.46 bits per heavy atom. The van der Waals surface area contributed by atoms with Gasteiger partial charge in [0, 0.05) is 51.5 Å². The maximum atomic E-state index is 12.4. The molecule has 0 bridgehead atoms. The van der Waals surface area contributed by atoms with Crippen LogP contribution in [0.4, 0.5) is 10.5 Å². The third kappa shape index (κ3) is 2.88. The molecule has 26 heavy (non-hydrogen) atoms. The van der Waals surface area contributed by atoms with E-state index < -0.39 is 17.8 Å². The molecule has 0 N–H and O–H groups in total. The topological polar surface area (TPSA) is 65.9 Å². The molecule has 1 aromatic heterocycles. The van der Waals surface area contributed by atoms with E-state index in [4.69, 9.17) is 0 Å². The van der Waals surface area contributed by atoms with Crippen molar-refractivity contribution in [2.24, 2.45) is 0 Å². The van der Waals surface area contributed by atoms with Crippen molar-refractivity contribution in [2.45, 2.75) is 0 Å². The molecule has 0 atom stereocenters. The largest absolute Gasteiger partial charge is 0.378 e. The molecule has 4 amide bonds. The minimum atomic E-state index is -0.633. The van der Waals surface area contributed by atoms with Gasteiger partial charge in [-0.15, -0.1) is 0 Å². The molecular formula is C19H20N4O3. The summed E-state index contributed by atoms with van der Waals surface area (Å²) in [5.74, 6) is -1.21. The number of barbiturate groups is 1. The number of amides is 4. The molecule has 0 spiro atoms. The maximum Gasteiger partial charge on any atom is 0.333 e. The molecule has 1 fully saturated rings. The Bertz CT molecular complexity index is 883. The predicted molar refractivity (Wildman–Crippen MR) is 99.0 cm³/mol. The summed E-state index contributed by atoms with van der Waals surface area (Å²) in [5, 5.41) is 0. The van der Waals surface area contributed by atoms with Crippen LogP contribution in [0.15, 0.2) is 48.2 Å². The first-order chi connectivity index (χ1) is 12.3. The van der Waals surface area contributed by atoms with Crippen molar-refractivity contribution in [3.63, 3.8) is 0 Å². The summed E-state index contributed by atoms with van der Waals surface area (Å²) in [7, 11) is 6.66. The number of imide groups is 2. The van der Waals surface area contributed by atoms with Gasteiger partial charge >= 0.3 is 6.03 Å². The molecule has 134 valence electrons. The van der Waals surface area contributed by atoms with Crippen molar-refractivity contribution < 1.29 is 14.4 Å². The molecule has 0 unspecified atom stereocenters. The third-order valence-corrected chi connectivity index (χ3v) is 4.36. The smallest absolute Gasteiger partial charge is 0.333 e. The van der Waals surface area contributed by atoms with E-state index in [-0.39, 0.29) is 5.57 Å². The monoisotopic (exact) mass is 352 g/mol. The highest BCUT2D eigenvalue weighted by atomic mass is 16.2. The molecule has 1 aromatic carbocycles.